The zero-order chi connectivity index (χ0) is 15.2. The molecule has 0 atom stereocenters. The highest BCUT2D eigenvalue weighted by Crippen LogP contribution is 2.33. The first kappa shape index (κ1) is 15.4. The second-order valence-electron chi connectivity index (χ2n) is 5.19. The Balaban J connectivity index is 2.25. The monoisotopic (exact) mass is 290 g/mol. The van der Waals surface area contributed by atoms with Gasteiger partial charge < -0.3 is 15.0 Å². The maximum absolute atomic E-state index is 12.1. The first-order valence-electron chi connectivity index (χ1n) is 7.44. The molecule has 2 amide bonds. The molecule has 0 radical (unpaired) electrons. The van der Waals surface area contributed by atoms with Gasteiger partial charge in [0.25, 0.3) is 0 Å². The highest BCUT2D eigenvalue weighted by Gasteiger charge is 2.23. The Morgan fingerprint density at radius 3 is 2.86 bits per heavy atom. The highest BCUT2D eigenvalue weighted by molar-refractivity contribution is 5.97. The minimum absolute atomic E-state index is 0.0152. The van der Waals surface area contributed by atoms with Crippen molar-refractivity contribution < 1.29 is 14.3 Å². The molecule has 1 aromatic carbocycles. The van der Waals surface area contributed by atoms with Gasteiger partial charge in [0.05, 0.1) is 12.8 Å². The van der Waals surface area contributed by atoms with Crippen molar-refractivity contribution in [2.24, 2.45) is 0 Å². The van der Waals surface area contributed by atoms with E-state index in [4.69, 9.17) is 4.74 Å². The van der Waals surface area contributed by atoms with E-state index in [0.29, 0.717) is 30.8 Å². The van der Waals surface area contributed by atoms with Crippen LogP contribution in [-0.4, -0.2) is 25.5 Å². The number of ether oxygens (including phenoxy) is 1. The molecule has 2 rings (SSSR count). The molecule has 0 saturated carbocycles. The standard InChI is InChI=1S/C16H22N2O3/c1-3-6-15(19)17-12-8-9-14(21-2)13(11-12)18-10-5-4-7-16(18)20/h8-9,11H,3-7,10H2,1-2H3,(H,17,19). The Bertz CT molecular complexity index is 528. The first-order valence-corrected chi connectivity index (χ1v) is 7.44. The van der Waals surface area contributed by atoms with Crippen LogP contribution in [0.15, 0.2) is 18.2 Å². The van der Waals surface area contributed by atoms with Crippen molar-refractivity contribution in [2.75, 3.05) is 23.9 Å². The van der Waals surface area contributed by atoms with Crippen LogP contribution in [0.3, 0.4) is 0 Å². The van der Waals surface area contributed by atoms with Gasteiger partial charge in [0.1, 0.15) is 5.75 Å². The Morgan fingerprint density at radius 1 is 1.38 bits per heavy atom. The number of nitrogens with zero attached hydrogens (tertiary/aromatic N) is 1. The van der Waals surface area contributed by atoms with E-state index in [9.17, 15) is 9.59 Å². The molecule has 1 heterocycles. The number of amides is 2. The number of carbonyl (C=O) groups is 2. The van der Waals surface area contributed by atoms with E-state index >= 15 is 0 Å². The SMILES string of the molecule is CCCC(=O)Nc1ccc(OC)c(N2CCCCC2=O)c1. The molecular formula is C16H22N2O3. The van der Waals surface area contributed by atoms with Gasteiger partial charge in [0.2, 0.25) is 11.8 Å². The summed E-state index contributed by atoms with van der Waals surface area (Å²) in [6.45, 7) is 2.66. The van der Waals surface area contributed by atoms with Crippen molar-refractivity contribution in [3.63, 3.8) is 0 Å². The van der Waals surface area contributed by atoms with Gasteiger partial charge >= 0.3 is 0 Å². The molecule has 1 N–H and O–H groups in total. The van der Waals surface area contributed by atoms with E-state index in [0.717, 1.165) is 24.9 Å². The number of hydrogen-bond donors (Lipinski definition) is 1. The molecule has 1 fully saturated rings. The average Bonchev–Trinajstić information content (AvgIpc) is 2.48. The van der Waals surface area contributed by atoms with E-state index in [-0.39, 0.29) is 11.8 Å². The topological polar surface area (TPSA) is 58.6 Å². The number of methoxy groups -OCH3 is 1. The predicted octanol–water partition coefficient (Wildman–Crippen LogP) is 2.95. The number of rotatable bonds is 5. The third kappa shape index (κ3) is 3.74. The molecule has 0 aromatic heterocycles. The molecule has 1 aromatic rings. The minimum Gasteiger partial charge on any atom is -0.495 e. The van der Waals surface area contributed by atoms with Crippen LogP contribution in [0.4, 0.5) is 11.4 Å². The lowest BCUT2D eigenvalue weighted by Crippen LogP contribution is -2.35. The molecule has 1 aliphatic rings. The van der Waals surface area contributed by atoms with Crippen molar-refractivity contribution in [3.05, 3.63) is 18.2 Å². The molecule has 5 heteroatoms. The number of carbonyl (C=O) groups excluding carboxylic acids is 2. The molecule has 5 nitrogen and oxygen atoms in total. The Morgan fingerprint density at radius 2 is 2.19 bits per heavy atom. The zero-order valence-electron chi connectivity index (χ0n) is 12.6. The lowest BCUT2D eigenvalue weighted by Gasteiger charge is -2.28. The van der Waals surface area contributed by atoms with Crippen LogP contribution in [0.25, 0.3) is 0 Å². The number of hydrogen-bond acceptors (Lipinski definition) is 3. The minimum atomic E-state index is -0.0152. The highest BCUT2D eigenvalue weighted by atomic mass is 16.5. The van der Waals surface area contributed by atoms with Gasteiger partial charge in [-0.1, -0.05) is 6.92 Å². The number of piperidine rings is 1. The van der Waals surface area contributed by atoms with E-state index in [1.54, 1.807) is 24.1 Å². The second-order valence-corrected chi connectivity index (χ2v) is 5.19. The molecule has 0 spiro atoms. The van der Waals surface area contributed by atoms with Crippen LogP contribution in [-0.2, 0) is 9.59 Å². The summed E-state index contributed by atoms with van der Waals surface area (Å²) in [6, 6.07) is 5.40. The van der Waals surface area contributed by atoms with Crippen molar-refractivity contribution in [3.8, 4) is 5.75 Å². The predicted molar refractivity (Wildman–Crippen MR) is 82.7 cm³/mol. The molecule has 21 heavy (non-hydrogen) atoms. The molecule has 0 bridgehead atoms. The number of benzene rings is 1. The summed E-state index contributed by atoms with van der Waals surface area (Å²) in [4.78, 5) is 25.5. The van der Waals surface area contributed by atoms with Crippen molar-refractivity contribution in [2.45, 2.75) is 39.0 Å². The third-order valence-electron chi connectivity index (χ3n) is 3.55. The van der Waals surface area contributed by atoms with Gasteiger partial charge in [-0.2, -0.15) is 0 Å². The van der Waals surface area contributed by atoms with E-state index in [1.165, 1.54) is 0 Å². The summed E-state index contributed by atoms with van der Waals surface area (Å²) in [5.41, 5.74) is 1.43. The molecular weight excluding hydrogens is 268 g/mol. The fourth-order valence-corrected chi connectivity index (χ4v) is 2.49. The van der Waals surface area contributed by atoms with E-state index in [2.05, 4.69) is 5.32 Å². The summed E-state index contributed by atoms with van der Waals surface area (Å²) >= 11 is 0. The van der Waals surface area contributed by atoms with Crippen LogP contribution in [0, 0.1) is 0 Å². The lowest BCUT2D eigenvalue weighted by atomic mass is 10.1. The summed E-state index contributed by atoms with van der Waals surface area (Å²) in [7, 11) is 1.59. The third-order valence-corrected chi connectivity index (χ3v) is 3.55. The molecule has 1 aliphatic heterocycles. The van der Waals surface area contributed by atoms with Crippen molar-refractivity contribution >= 4 is 23.2 Å². The summed E-state index contributed by atoms with van der Waals surface area (Å²) in [5.74, 6) is 0.744. The summed E-state index contributed by atoms with van der Waals surface area (Å²) < 4.78 is 5.35. The fourth-order valence-electron chi connectivity index (χ4n) is 2.49. The van der Waals surface area contributed by atoms with Crippen molar-refractivity contribution in [1.82, 2.24) is 0 Å². The maximum atomic E-state index is 12.1. The molecule has 0 aliphatic carbocycles. The lowest BCUT2D eigenvalue weighted by molar-refractivity contribution is -0.119. The van der Waals surface area contributed by atoms with Gasteiger partial charge in [-0.05, 0) is 37.5 Å². The fraction of sp³-hybridized carbons (Fsp3) is 0.500. The van der Waals surface area contributed by atoms with Crippen LogP contribution < -0.4 is 15.0 Å². The smallest absolute Gasteiger partial charge is 0.227 e. The average molecular weight is 290 g/mol. The Labute approximate surface area is 125 Å². The zero-order valence-corrected chi connectivity index (χ0v) is 12.6. The molecule has 1 saturated heterocycles. The maximum Gasteiger partial charge on any atom is 0.227 e. The quantitative estimate of drug-likeness (QED) is 0.907. The number of anilines is 2. The summed E-state index contributed by atoms with van der Waals surface area (Å²) in [6.07, 6.45) is 3.78. The van der Waals surface area contributed by atoms with Crippen LogP contribution in [0.5, 0.6) is 5.75 Å². The second kappa shape index (κ2) is 7.11. The van der Waals surface area contributed by atoms with Crippen molar-refractivity contribution in [1.29, 1.82) is 0 Å². The van der Waals surface area contributed by atoms with E-state index in [1.807, 2.05) is 13.0 Å². The van der Waals surface area contributed by atoms with Gasteiger partial charge in [-0.3, -0.25) is 9.59 Å². The van der Waals surface area contributed by atoms with E-state index < -0.39 is 0 Å². The van der Waals surface area contributed by atoms with Gasteiger partial charge in [-0.25, -0.2) is 0 Å². The first-order chi connectivity index (χ1) is 10.2. The largest absolute Gasteiger partial charge is 0.495 e. The van der Waals surface area contributed by atoms with Crippen LogP contribution in [0.1, 0.15) is 39.0 Å². The van der Waals surface area contributed by atoms with Crippen LogP contribution >= 0.6 is 0 Å². The Kier molecular flexibility index (Phi) is 5.20. The van der Waals surface area contributed by atoms with Gasteiger partial charge in [0.15, 0.2) is 0 Å². The molecule has 0 unspecified atom stereocenters. The molecule has 114 valence electrons. The van der Waals surface area contributed by atoms with Crippen LogP contribution in [0.2, 0.25) is 0 Å². The normalized spacial score (nSPS) is 15.0. The summed E-state index contributed by atoms with van der Waals surface area (Å²) in [5, 5.41) is 2.86. The van der Waals surface area contributed by atoms with Gasteiger partial charge in [0, 0.05) is 25.1 Å². The Hall–Kier alpha value is -2.04. The number of nitrogens with one attached hydrogen (secondary N) is 1. The van der Waals surface area contributed by atoms with Gasteiger partial charge in [-0.15, -0.1) is 0 Å².